The van der Waals surface area contributed by atoms with Crippen LogP contribution in [0.3, 0.4) is 0 Å². The third-order valence-electron chi connectivity index (χ3n) is 0.558. The predicted octanol–water partition coefficient (Wildman–Crippen LogP) is 1.20. The summed E-state index contributed by atoms with van der Waals surface area (Å²) >= 11 is 10.3. The van der Waals surface area contributed by atoms with Crippen molar-refractivity contribution in [2.75, 3.05) is 5.75 Å². The molecule has 11 heavy (non-hydrogen) atoms. The zero-order valence-corrected chi connectivity index (χ0v) is 7.99. The van der Waals surface area contributed by atoms with Gasteiger partial charge in [-0.1, -0.05) is 11.6 Å². The molecule has 0 aliphatic carbocycles. The number of thiazole rings is 1. The Morgan fingerprint density at radius 2 is 2.45 bits per heavy atom. The second kappa shape index (κ2) is 6.45. The highest BCUT2D eigenvalue weighted by Crippen LogP contribution is 2.08. The zero-order chi connectivity index (χ0) is 8.69. The number of nitrogens with two attached hydrogens (primary N) is 1. The van der Waals surface area contributed by atoms with E-state index in [1.165, 1.54) is 11.3 Å². The van der Waals surface area contributed by atoms with E-state index in [2.05, 4.69) is 23.3 Å². The van der Waals surface area contributed by atoms with Crippen molar-refractivity contribution in [3.63, 3.8) is 0 Å². The third kappa shape index (κ3) is 7.64. The summed E-state index contributed by atoms with van der Waals surface area (Å²) in [4.78, 5) is 13.2. The molecule has 0 fully saturated rings. The Morgan fingerprint density at radius 3 is 2.55 bits per heavy atom. The van der Waals surface area contributed by atoms with Crippen LogP contribution in [0.5, 0.6) is 0 Å². The summed E-state index contributed by atoms with van der Waals surface area (Å²) in [6.45, 7) is 0. The summed E-state index contributed by atoms with van der Waals surface area (Å²) in [6.07, 6.45) is 1.67. The first-order chi connectivity index (χ1) is 5.16. The van der Waals surface area contributed by atoms with Crippen LogP contribution in [0, 0.1) is 0 Å². The van der Waals surface area contributed by atoms with E-state index in [1.807, 2.05) is 5.38 Å². The van der Waals surface area contributed by atoms with E-state index in [-0.39, 0.29) is 11.7 Å². The Kier molecular flexibility index (Phi) is 6.30. The van der Waals surface area contributed by atoms with E-state index in [0.717, 1.165) is 0 Å². The van der Waals surface area contributed by atoms with E-state index in [1.54, 1.807) is 6.20 Å². The van der Waals surface area contributed by atoms with Crippen molar-refractivity contribution in [2.24, 2.45) is 5.73 Å². The molecule has 0 saturated heterocycles. The number of primary amides is 1. The van der Waals surface area contributed by atoms with Crippen LogP contribution in [0.2, 0.25) is 4.47 Å². The van der Waals surface area contributed by atoms with Gasteiger partial charge in [0.25, 0.3) is 0 Å². The van der Waals surface area contributed by atoms with Gasteiger partial charge in [-0.3, -0.25) is 4.79 Å². The number of halogens is 1. The molecule has 0 radical (unpaired) electrons. The lowest BCUT2D eigenvalue weighted by molar-refractivity contribution is -0.115. The smallest absolute Gasteiger partial charge is 0.227 e. The van der Waals surface area contributed by atoms with Crippen LogP contribution in [0.1, 0.15) is 0 Å². The molecule has 0 saturated carbocycles. The van der Waals surface area contributed by atoms with Crippen molar-refractivity contribution in [1.82, 2.24) is 4.98 Å². The molecule has 0 unspecified atom stereocenters. The lowest BCUT2D eigenvalue weighted by Gasteiger charge is -1.72. The van der Waals surface area contributed by atoms with Crippen molar-refractivity contribution in [1.29, 1.82) is 0 Å². The van der Waals surface area contributed by atoms with Gasteiger partial charge in [-0.25, -0.2) is 4.98 Å². The summed E-state index contributed by atoms with van der Waals surface area (Å²) in [5.74, 6) is -0.242. The standard InChI is InChI=1S/C3H2ClNS.C2H5NOS/c4-3-5-1-2-6-3;3-2(4)1-5/h1-2H;5H,1H2,(H2,3,4). The molecule has 0 spiro atoms. The Bertz CT molecular complexity index is 202. The fourth-order valence-electron chi connectivity index (χ4n) is 0.206. The molecule has 3 nitrogen and oxygen atoms in total. The van der Waals surface area contributed by atoms with Crippen LogP contribution >= 0.6 is 35.6 Å². The fraction of sp³-hybridized carbons (Fsp3) is 0.200. The summed E-state index contributed by atoms with van der Waals surface area (Å²) < 4.78 is 0.606. The lowest BCUT2D eigenvalue weighted by Crippen LogP contribution is -2.10. The van der Waals surface area contributed by atoms with Gasteiger partial charge in [-0.2, -0.15) is 12.6 Å². The molecule has 0 aromatic carbocycles. The average molecular weight is 211 g/mol. The first-order valence-electron chi connectivity index (χ1n) is 2.61. The number of carbonyl (C=O) groups is 1. The summed E-state index contributed by atoms with van der Waals surface area (Å²) in [5, 5.41) is 1.84. The fourth-order valence-corrected chi connectivity index (χ4v) is 0.772. The maximum atomic E-state index is 9.51. The minimum Gasteiger partial charge on any atom is -0.369 e. The molecular weight excluding hydrogens is 204 g/mol. The molecular formula is C5H7ClN2OS2. The monoisotopic (exact) mass is 210 g/mol. The highest BCUT2D eigenvalue weighted by molar-refractivity contribution is 7.81. The van der Waals surface area contributed by atoms with E-state index in [0.29, 0.717) is 4.47 Å². The van der Waals surface area contributed by atoms with Gasteiger partial charge in [0, 0.05) is 11.6 Å². The minimum absolute atomic E-state index is 0.139. The molecule has 1 aromatic heterocycles. The number of hydrogen-bond donors (Lipinski definition) is 2. The molecule has 1 aromatic rings. The number of aromatic nitrogens is 1. The Balaban J connectivity index is 0.000000187. The predicted molar refractivity (Wildman–Crippen MR) is 50.2 cm³/mol. The molecule has 62 valence electrons. The third-order valence-corrected chi connectivity index (χ3v) is 1.79. The topological polar surface area (TPSA) is 56.0 Å². The van der Waals surface area contributed by atoms with Crippen molar-refractivity contribution >= 4 is 41.5 Å². The van der Waals surface area contributed by atoms with Gasteiger partial charge in [-0.15, -0.1) is 11.3 Å². The molecule has 1 amide bonds. The summed E-state index contributed by atoms with van der Waals surface area (Å²) in [6, 6.07) is 0. The molecule has 0 bridgehead atoms. The maximum absolute atomic E-state index is 9.51. The van der Waals surface area contributed by atoms with Crippen molar-refractivity contribution < 1.29 is 4.79 Å². The van der Waals surface area contributed by atoms with Crippen LogP contribution in [0.15, 0.2) is 11.6 Å². The average Bonchev–Trinajstić information content (AvgIpc) is 2.41. The number of amides is 1. The van der Waals surface area contributed by atoms with Gasteiger partial charge in [0.2, 0.25) is 5.91 Å². The second-order valence-electron chi connectivity index (χ2n) is 1.41. The Hall–Kier alpha value is -0.260. The van der Waals surface area contributed by atoms with Crippen molar-refractivity contribution in [2.45, 2.75) is 0 Å². The van der Waals surface area contributed by atoms with Gasteiger partial charge < -0.3 is 5.73 Å². The number of thiol groups is 1. The van der Waals surface area contributed by atoms with Crippen molar-refractivity contribution in [3.05, 3.63) is 16.0 Å². The molecule has 0 aliphatic heterocycles. The Morgan fingerprint density at radius 1 is 1.91 bits per heavy atom. The first kappa shape index (κ1) is 10.7. The van der Waals surface area contributed by atoms with E-state index >= 15 is 0 Å². The molecule has 0 aliphatic rings. The quantitative estimate of drug-likeness (QED) is 0.685. The molecule has 0 atom stereocenters. The van der Waals surface area contributed by atoms with Crippen molar-refractivity contribution in [3.8, 4) is 0 Å². The van der Waals surface area contributed by atoms with Crippen LogP contribution in [-0.4, -0.2) is 16.6 Å². The van der Waals surface area contributed by atoms with Crippen LogP contribution in [0.4, 0.5) is 0 Å². The second-order valence-corrected chi connectivity index (χ2v) is 3.20. The zero-order valence-electron chi connectivity index (χ0n) is 5.53. The van der Waals surface area contributed by atoms with E-state index < -0.39 is 0 Å². The largest absolute Gasteiger partial charge is 0.369 e. The number of nitrogens with zero attached hydrogens (tertiary/aromatic N) is 1. The lowest BCUT2D eigenvalue weighted by atomic mass is 10.8. The van der Waals surface area contributed by atoms with Crippen LogP contribution in [-0.2, 0) is 4.79 Å². The highest BCUT2D eigenvalue weighted by atomic mass is 35.5. The Labute approximate surface area is 79.0 Å². The summed E-state index contributed by atoms with van der Waals surface area (Å²) in [5.41, 5.74) is 4.58. The molecule has 2 N–H and O–H groups in total. The van der Waals surface area contributed by atoms with Gasteiger partial charge in [0.1, 0.15) is 0 Å². The van der Waals surface area contributed by atoms with Gasteiger partial charge in [0.15, 0.2) is 4.47 Å². The highest BCUT2D eigenvalue weighted by Gasteiger charge is 1.79. The number of hydrogen-bond acceptors (Lipinski definition) is 4. The minimum atomic E-state index is -0.381. The van der Waals surface area contributed by atoms with Gasteiger partial charge in [0.05, 0.1) is 5.75 Å². The molecule has 6 heteroatoms. The maximum Gasteiger partial charge on any atom is 0.227 e. The number of carbonyl (C=O) groups excluding carboxylic acids is 1. The molecule has 1 heterocycles. The summed E-state index contributed by atoms with van der Waals surface area (Å²) in [7, 11) is 0. The normalized spacial score (nSPS) is 8.18. The molecule has 1 rings (SSSR count). The van der Waals surface area contributed by atoms with Crippen LogP contribution < -0.4 is 5.73 Å². The van der Waals surface area contributed by atoms with Gasteiger partial charge >= 0.3 is 0 Å². The first-order valence-corrected chi connectivity index (χ1v) is 4.50. The van der Waals surface area contributed by atoms with Crippen LogP contribution in [0.25, 0.3) is 0 Å². The number of rotatable bonds is 1. The SMILES string of the molecule is Clc1nccs1.NC(=O)CS. The van der Waals surface area contributed by atoms with Gasteiger partial charge in [-0.05, 0) is 0 Å². The van der Waals surface area contributed by atoms with E-state index in [9.17, 15) is 4.79 Å². The van der Waals surface area contributed by atoms with E-state index in [4.69, 9.17) is 11.6 Å².